The summed E-state index contributed by atoms with van der Waals surface area (Å²) in [4.78, 5) is 23.3. The van der Waals surface area contributed by atoms with E-state index in [0.717, 1.165) is 17.9 Å². The van der Waals surface area contributed by atoms with E-state index in [4.69, 9.17) is 4.74 Å². The van der Waals surface area contributed by atoms with E-state index in [-0.39, 0.29) is 18.9 Å². The normalized spacial score (nSPS) is 15.0. The number of nitrogens with one attached hydrogen (secondary N) is 1. The number of hydrogen-bond acceptors (Lipinski definition) is 4. The Morgan fingerprint density at radius 3 is 2.95 bits per heavy atom. The van der Waals surface area contributed by atoms with Gasteiger partial charge in [-0.1, -0.05) is 37.8 Å². The van der Waals surface area contributed by atoms with Crippen LogP contribution in [0.4, 0.5) is 5.69 Å². The van der Waals surface area contributed by atoms with Crippen molar-refractivity contribution in [2.24, 2.45) is 0 Å². The summed E-state index contributed by atoms with van der Waals surface area (Å²) in [5.41, 5.74) is 3.35. The topological polar surface area (TPSA) is 61.6 Å². The van der Waals surface area contributed by atoms with Crippen molar-refractivity contribution in [3.05, 3.63) is 29.2 Å². The van der Waals surface area contributed by atoms with E-state index in [1.165, 1.54) is 24.3 Å². The molecule has 114 valence electrons. The Kier molecular flexibility index (Phi) is 5.54. The van der Waals surface area contributed by atoms with Gasteiger partial charge in [0.05, 0.1) is 17.2 Å². The molecule has 21 heavy (non-hydrogen) atoms. The predicted molar refractivity (Wildman–Crippen MR) is 80.1 cm³/mol. The second-order valence-electron chi connectivity index (χ2n) is 5.17. The lowest BCUT2D eigenvalue weighted by Crippen LogP contribution is -2.54. The Hall–Kier alpha value is -2.11. The van der Waals surface area contributed by atoms with Gasteiger partial charge in [0.15, 0.2) is 0 Å². The monoisotopic (exact) mass is 292 g/mol. The standard InChI is InChI=1S/C15H22N3O3/c1-2-3-4-5-9-21-15-8-6-7-13(10-15)17-11-14(19)12-18(20)16-17/h6-8,10H,2-5,9,11-12H2,1H3,(H,16,20)/q+1. The number of carbonyl (C=O) groups excluding carboxylic acids is 1. The molecule has 0 aromatic heterocycles. The Bertz CT molecular complexity index is 489. The van der Waals surface area contributed by atoms with Gasteiger partial charge in [0.1, 0.15) is 17.2 Å². The minimum Gasteiger partial charge on any atom is -0.494 e. The van der Waals surface area contributed by atoms with Crippen LogP contribution in [0, 0.1) is 4.91 Å². The van der Waals surface area contributed by atoms with Gasteiger partial charge in [-0.3, -0.25) is 4.79 Å². The summed E-state index contributed by atoms with van der Waals surface area (Å²) in [7, 11) is 0. The molecule has 6 nitrogen and oxygen atoms in total. The molecule has 1 aromatic carbocycles. The molecule has 0 radical (unpaired) electrons. The lowest BCUT2D eigenvalue weighted by molar-refractivity contribution is -0.602. The molecule has 1 N–H and O–H groups in total. The van der Waals surface area contributed by atoms with Crippen LogP contribution in [0.3, 0.4) is 0 Å². The van der Waals surface area contributed by atoms with Crippen molar-refractivity contribution < 1.29 is 14.4 Å². The second kappa shape index (κ2) is 7.61. The summed E-state index contributed by atoms with van der Waals surface area (Å²) < 4.78 is 5.71. The van der Waals surface area contributed by atoms with Gasteiger partial charge in [-0.25, -0.2) is 5.01 Å². The van der Waals surface area contributed by atoms with Crippen LogP contribution in [0.25, 0.3) is 0 Å². The molecule has 0 unspecified atom stereocenters. The van der Waals surface area contributed by atoms with Crippen molar-refractivity contribution in [1.82, 2.24) is 5.53 Å². The van der Waals surface area contributed by atoms with E-state index in [1.54, 1.807) is 0 Å². The van der Waals surface area contributed by atoms with Gasteiger partial charge in [-0.15, -0.1) is 0 Å². The van der Waals surface area contributed by atoms with Crippen molar-refractivity contribution in [3.8, 4) is 5.75 Å². The quantitative estimate of drug-likeness (QED) is 0.617. The molecule has 0 amide bonds. The van der Waals surface area contributed by atoms with Crippen LogP contribution in [0.1, 0.15) is 32.6 Å². The van der Waals surface area contributed by atoms with Crippen LogP contribution in [0.5, 0.6) is 5.75 Å². The number of ether oxygens (including phenoxy) is 1. The van der Waals surface area contributed by atoms with Crippen LogP contribution < -0.4 is 15.3 Å². The maximum absolute atomic E-state index is 11.5. The maximum atomic E-state index is 11.5. The third kappa shape index (κ3) is 4.73. The molecule has 0 saturated carbocycles. The van der Waals surface area contributed by atoms with E-state index < -0.39 is 0 Å². The minimum absolute atomic E-state index is 0.116. The van der Waals surface area contributed by atoms with Gasteiger partial charge in [0.25, 0.3) is 6.54 Å². The van der Waals surface area contributed by atoms with Crippen molar-refractivity contribution in [2.45, 2.75) is 32.6 Å². The molecule has 1 aliphatic heterocycles. The summed E-state index contributed by atoms with van der Waals surface area (Å²) in [6.45, 7) is 2.92. The highest BCUT2D eigenvalue weighted by molar-refractivity contribution is 5.84. The number of benzene rings is 1. The zero-order valence-corrected chi connectivity index (χ0v) is 12.4. The van der Waals surface area contributed by atoms with Crippen molar-refractivity contribution >= 4 is 11.5 Å². The predicted octanol–water partition coefficient (Wildman–Crippen LogP) is 2.23. The molecule has 1 saturated heterocycles. The molecule has 2 rings (SSSR count). The highest BCUT2D eigenvalue weighted by Crippen LogP contribution is 2.21. The van der Waals surface area contributed by atoms with Crippen molar-refractivity contribution in [3.63, 3.8) is 0 Å². The van der Waals surface area contributed by atoms with Gasteiger partial charge in [0.2, 0.25) is 5.78 Å². The van der Waals surface area contributed by atoms with Gasteiger partial charge in [0, 0.05) is 6.07 Å². The second-order valence-corrected chi connectivity index (χ2v) is 5.17. The number of nitroso groups, excluding NO2 is 1. The van der Waals surface area contributed by atoms with Gasteiger partial charge >= 0.3 is 0 Å². The molecule has 1 aliphatic rings. The molecule has 0 atom stereocenters. The number of Topliss-reactive ketones (excluding diaryl/α,β-unsaturated/α-hetero) is 1. The molecule has 0 aliphatic carbocycles. The Morgan fingerprint density at radius 2 is 2.19 bits per heavy atom. The largest absolute Gasteiger partial charge is 0.494 e. The average Bonchev–Trinajstić information content (AvgIpc) is 2.46. The fourth-order valence-electron chi connectivity index (χ4n) is 2.20. The average molecular weight is 292 g/mol. The van der Waals surface area contributed by atoms with E-state index in [1.807, 2.05) is 24.3 Å². The van der Waals surface area contributed by atoms with Crippen LogP contribution in [0.2, 0.25) is 0 Å². The fourth-order valence-corrected chi connectivity index (χ4v) is 2.20. The molecule has 1 aromatic rings. The Balaban J connectivity index is 1.91. The minimum atomic E-state index is -0.121. The molecule has 1 heterocycles. The number of nitrogens with zero attached hydrogens (tertiary/aromatic N) is 2. The number of hydrogen-bond donors (Lipinski definition) is 1. The van der Waals surface area contributed by atoms with Crippen LogP contribution >= 0.6 is 0 Å². The van der Waals surface area contributed by atoms with Crippen molar-refractivity contribution in [2.75, 3.05) is 24.7 Å². The first kappa shape index (κ1) is 15.3. The van der Waals surface area contributed by atoms with E-state index in [9.17, 15) is 9.70 Å². The Morgan fingerprint density at radius 1 is 1.33 bits per heavy atom. The van der Waals surface area contributed by atoms with E-state index in [0.29, 0.717) is 11.5 Å². The van der Waals surface area contributed by atoms with Crippen molar-refractivity contribution in [1.29, 1.82) is 0 Å². The highest BCUT2D eigenvalue weighted by atomic mass is 16.5. The third-order valence-corrected chi connectivity index (χ3v) is 3.28. The number of ketones is 1. The lowest BCUT2D eigenvalue weighted by atomic mass is 10.2. The van der Waals surface area contributed by atoms with Gasteiger partial charge in [-0.05, 0) is 18.6 Å². The lowest BCUT2D eigenvalue weighted by Gasteiger charge is -2.22. The first-order valence-electron chi connectivity index (χ1n) is 7.42. The summed E-state index contributed by atoms with van der Waals surface area (Å²) >= 11 is 0. The van der Waals surface area contributed by atoms with Crippen LogP contribution in [0.15, 0.2) is 24.3 Å². The number of anilines is 1. The smallest absolute Gasteiger partial charge is 0.286 e. The molecule has 1 fully saturated rings. The molecule has 0 spiro atoms. The zero-order chi connectivity index (χ0) is 15.1. The van der Waals surface area contributed by atoms with Gasteiger partial charge in [-0.2, -0.15) is 0 Å². The van der Waals surface area contributed by atoms with Gasteiger partial charge < -0.3 is 4.74 Å². The third-order valence-electron chi connectivity index (χ3n) is 3.28. The summed E-state index contributed by atoms with van der Waals surface area (Å²) in [6, 6.07) is 7.40. The summed E-state index contributed by atoms with van der Waals surface area (Å²) in [5.74, 6) is 0.635. The van der Waals surface area contributed by atoms with E-state index in [2.05, 4.69) is 12.5 Å². The number of unbranched alkanes of at least 4 members (excludes halogenated alkanes) is 3. The summed E-state index contributed by atoms with van der Waals surface area (Å²) in [6.07, 6.45) is 4.63. The number of carbonyl (C=O) groups is 1. The molecular weight excluding hydrogens is 270 g/mol. The first-order chi connectivity index (χ1) is 10.2. The number of hydrazine groups is 2. The molecule has 0 bridgehead atoms. The highest BCUT2D eigenvalue weighted by Gasteiger charge is 2.28. The molecular formula is C15H22N3O3+. The molecule has 6 heteroatoms. The number of rotatable bonds is 7. The van der Waals surface area contributed by atoms with Crippen LogP contribution in [-0.4, -0.2) is 30.3 Å². The maximum Gasteiger partial charge on any atom is 0.286 e. The van der Waals surface area contributed by atoms with E-state index >= 15 is 0 Å². The SMILES string of the molecule is CCCCCCOc1cccc(N2CC(=O)C[N+](=O)N2)c1. The first-order valence-corrected chi connectivity index (χ1v) is 7.42. The van der Waals surface area contributed by atoms with Crippen LogP contribution in [-0.2, 0) is 4.79 Å². The Labute approximate surface area is 124 Å². The fraction of sp³-hybridized carbons (Fsp3) is 0.533. The summed E-state index contributed by atoms with van der Waals surface area (Å²) in [5, 5.41) is 1.53. The zero-order valence-electron chi connectivity index (χ0n) is 12.4.